The quantitative estimate of drug-likeness (QED) is 0.859. The van der Waals surface area contributed by atoms with Gasteiger partial charge in [-0.05, 0) is 32.1 Å². The molecule has 1 aromatic rings. The Hall–Kier alpha value is -0.940. The first kappa shape index (κ1) is 11.2. The van der Waals surface area contributed by atoms with Crippen molar-refractivity contribution < 1.29 is 9.26 Å². The van der Waals surface area contributed by atoms with E-state index >= 15 is 0 Å². The molecule has 1 unspecified atom stereocenters. The molecule has 0 radical (unpaired) electrons. The summed E-state index contributed by atoms with van der Waals surface area (Å²) in [6, 6.07) is 0. The van der Waals surface area contributed by atoms with Crippen molar-refractivity contribution in [2.45, 2.75) is 50.0 Å². The highest BCUT2D eigenvalue weighted by atomic mass is 16.5. The van der Waals surface area contributed by atoms with Gasteiger partial charge < -0.3 is 15.0 Å². The minimum atomic E-state index is -0.0904. The van der Waals surface area contributed by atoms with Crippen LogP contribution in [0.15, 0.2) is 4.52 Å². The van der Waals surface area contributed by atoms with Crippen LogP contribution in [-0.4, -0.2) is 28.9 Å². The molecule has 2 heterocycles. The molecular formula is C12H19N3O2. The maximum absolute atomic E-state index is 6.17. The molecule has 94 valence electrons. The summed E-state index contributed by atoms with van der Waals surface area (Å²) in [5, 5.41) is 4.06. The Balaban J connectivity index is 1.65. The summed E-state index contributed by atoms with van der Waals surface area (Å²) < 4.78 is 10.7. The van der Waals surface area contributed by atoms with E-state index in [-0.39, 0.29) is 5.54 Å². The average molecular weight is 237 g/mol. The van der Waals surface area contributed by atoms with Crippen molar-refractivity contribution in [1.82, 2.24) is 10.1 Å². The van der Waals surface area contributed by atoms with Gasteiger partial charge in [0.2, 0.25) is 5.89 Å². The molecule has 3 rings (SSSR count). The maximum Gasteiger partial charge on any atom is 0.228 e. The average Bonchev–Trinajstić information content (AvgIpc) is 2.77. The highest BCUT2D eigenvalue weighted by Crippen LogP contribution is 2.32. The third-order valence-corrected chi connectivity index (χ3v) is 3.86. The Morgan fingerprint density at radius 1 is 1.35 bits per heavy atom. The lowest BCUT2D eigenvalue weighted by Gasteiger charge is -2.36. The first-order valence-electron chi connectivity index (χ1n) is 6.44. The van der Waals surface area contributed by atoms with E-state index in [0.717, 1.165) is 38.1 Å². The van der Waals surface area contributed by atoms with Gasteiger partial charge in [0.25, 0.3) is 0 Å². The maximum atomic E-state index is 6.17. The summed E-state index contributed by atoms with van der Waals surface area (Å²) in [6.07, 6.45) is 6.23. The van der Waals surface area contributed by atoms with Crippen LogP contribution in [0.1, 0.15) is 49.7 Å². The van der Waals surface area contributed by atoms with Crippen LogP contribution >= 0.6 is 0 Å². The fourth-order valence-electron chi connectivity index (χ4n) is 2.56. The lowest BCUT2D eigenvalue weighted by Crippen LogP contribution is -2.48. The molecule has 1 saturated heterocycles. The Bertz CT molecular complexity index is 381. The molecule has 2 aliphatic rings. The molecule has 5 heteroatoms. The molecule has 1 saturated carbocycles. The number of aromatic nitrogens is 2. The van der Waals surface area contributed by atoms with Crippen molar-refractivity contribution >= 4 is 0 Å². The van der Waals surface area contributed by atoms with E-state index in [1.807, 2.05) is 0 Å². The lowest BCUT2D eigenvalue weighted by molar-refractivity contribution is 0.0773. The number of ether oxygens (including phenoxy) is 1. The standard InChI is InChI=1S/C12H19N3O2/c13-12(4-2-5-12)7-10-14-11(15-17-10)9-3-1-6-16-8-9/h9H,1-8,13H2. The number of nitrogens with two attached hydrogens (primary N) is 1. The SMILES string of the molecule is NC1(Cc2nc(C3CCCOC3)no2)CCC1. The smallest absolute Gasteiger partial charge is 0.228 e. The minimum absolute atomic E-state index is 0.0904. The zero-order valence-corrected chi connectivity index (χ0v) is 10.0. The summed E-state index contributed by atoms with van der Waals surface area (Å²) in [4.78, 5) is 4.46. The third kappa shape index (κ3) is 2.35. The second-order valence-electron chi connectivity index (χ2n) is 5.35. The second kappa shape index (κ2) is 4.38. The second-order valence-corrected chi connectivity index (χ2v) is 5.35. The van der Waals surface area contributed by atoms with Crippen LogP contribution in [0.3, 0.4) is 0 Å². The van der Waals surface area contributed by atoms with Crippen LogP contribution in [0.5, 0.6) is 0 Å². The predicted molar refractivity (Wildman–Crippen MR) is 61.6 cm³/mol. The van der Waals surface area contributed by atoms with Gasteiger partial charge in [0.15, 0.2) is 5.82 Å². The van der Waals surface area contributed by atoms with Crippen LogP contribution in [0.4, 0.5) is 0 Å². The molecule has 5 nitrogen and oxygen atoms in total. The van der Waals surface area contributed by atoms with Crippen LogP contribution < -0.4 is 5.73 Å². The summed E-state index contributed by atoms with van der Waals surface area (Å²) in [5.41, 5.74) is 6.08. The summed E-state index contributed by atoms with van der Waals surface area (Å²) in [6.45, 7) is 1.57. The monoisotopic (exact) mass is 237 g/mol. The van der Waals surface area contributed by atoms with E-state index in [0.29, 0.717) is 24.8 Å². The van der Waals surface area contributed by atoms with Crippen LogP contribution in [0.25, 0.3) is 0 Å². The van der Waals surface area contributed by atoms with Crippen molar-refractivity contribution in [2.75, 3.05) is 13.2 Å². The van der Waals surface area contributed by atoms with Gasteiger partial charge in [-0.2, -0.15) is 4.98 Å². The van der Waals surface area contributed by atoms with Gasteiger partial charge in [-0.25, -0.2) is 0 Å². The first-order valence-corrected chi connectivity index (χ1v) is 6.44. The highest BCUT2D eigenvalue weighted by Gasteiger charge is 2.35. The predicted octanol–water partition coefficient (Wildman–Crippen LogP) is 1.39. The number of rotatable bonds is 3. The summed E-state index contributed by atoms with van der Waals surface area (Å²) in [5.74, 6) is 1.78. The molecule has 1 aromatic heterocycles. The highest BCUT2D eigenvalue weighted by molar-refractivity contribution is 5.03. The van der Waals surface area contributed by atoms with Gasteiger partial charge in [0.1, 0.15) is 0 Å². The van der Waals surface area contributed by atoms with Crippen LogP contribution in [-0.2, 0) is 11.2 Å². The number of hydrogen-bond donors (Lipinski definition) is 1. The van der Waals surface area contributed by atoms with Crippen molar-refractivity contribution in [2.24, 2.45) is 5.73 Å². The largest absolute Gasteiger partial charge is 0.381 e. The van der Waals surface area contributed by atoms with Gasteiger partial charge in [-0.1, -0.05) is 5.16 Å². The lowest BCUT2D eigenvalue weighted by atomic mass is 9.75. The molecule has 1 aliphatic carbocycles. The van der Waals surface area contributed by atoms with Crippen molar-refractivity contribution in [3.8, 4) is 0 Å². The van der Waals surface area contributed by atoms with Crippen molar-refractivity contribution in [3.05, 3.63) is 11.7 Å². The zero-order chi connectivity index (χ0) is 11.7. The van der Waals surface area contributed by atoms with Crippen molar-refractivity contribution in [3.63, 3.8) is 0 Å². The molecule has 0 bridgehead atoms. The molecule has 0 spiro atoms. The van der Waals surface area contributed by atoms with Gasteiger partial charge in [-0.3, -0.25) is 0 Å². The van der Waals surface area contributed by atoms with Crippen LogP contribution in [0, 0.1) is 0 Å². The van der Waals surface area contributed by atoms with E-state index in [2.05, 4.69) is 10.1 Å². The topological polar surface area (TPSA) is 74.2 Å². The molecule has 0 aromatic carbocycles. The molecule has 2 fully saturated rings. The van der Waals surface area contributed by atoms with Gasteiger partial charge in [-0.15, -0.1) is 0 Å². The van der Waals surface area contributed by atoms with E-state index < -0.39 is 0 Å². The molecule has 1 aliphatic heterocycles. The summed E-state index contributed by atoms with van der Waals surface area (Å²) in [7, 11) is 0. The Kier molecular flexibility index (Phi) is 2.88. The number of hydrogen-bond acceptors (Lipinski definition) is 5. The Labute approximate surface area is 101 Å². The molecule has 2 N–H and O–H groups in total. The molecule has 0 amide bonds. The molecule has 17 heavy (non-hydrogen) atoms. The van der Waals surface area contributed by atoms with E-state index in [1.165, 1.54) is 6.42 Å². The van der Waals surface area contributed by atoms with Crippen LogP contribution in [0.2, 0.25) is 0 Å². The Morgan fingerprint density at radius 2 is 2.24 bits per heavy atom. The van der Waals surface area contributed by atoms with Gasteiger partial charge in [0.05, 0.1) is 6.61 Å². The van der Waals surface area contributed by atoms with Crippen molar-refractivity contribution in [1.29, 1.82) is 0 Å². The third-order valence-electron chi connectivity index (χ3n) is 3.86. The van der Waals surface area contributed by atoms with E-state index in [9.17, 15) is 0 Å². The minimum Gasteiger partial charge on any atom is -0.381 e. The normalized spacial score (nSPS) is 27.7. The van der Waals surface area contributed by atoms with E-state index in [1.54, 1.807) is 0 Å². The number of nitrogens with zero attached hydrogens (tertiary/aromatic N) is 2. The fourth-order valence-corrected chi connectivity index (χ4v) is 2.56. The van der Waals surface area contributed by atoms with Gasteiger partial charge in [0, 0.05) is 24.5 Å². The molecular weight excluding hydrogens is 218 g/mol. The van der Waals surface area contributed by atoms with Gasteiger partial charge >= 0.3 is 0 Å². The molecule has 1 atom stereocenters. The summed E-state index contributed by atoms with van der Waals surface area (Å²) >= 11 is 0. The fraction of sp³-hybridized carbons (Fsp3) is 0.833. The Morgan fingerprint density at radius 3 is 2.88 bits per heavy atom. The first-order chi connectivity index (χ1) is 8.25. The van der Waals surface area contributed by atoms with E-state index in [4.69, 9.17) is 15.0 Å². The zero-order valence-electron chi connectivity index (χ0n) is 10.0.